The largest absolute Gasteiger partial charge is 0.549 e. The molecule has 0 saturated carbocycles. The van der Waals surface area contributed by atoms with Crippen LogP contribution in [-0.2, 0) is 8.92 Å². The summed E-state index contributed by atoms with van der Waals surface area (Å²) in [6.07, 6.45) is 0. The first-order valence-electron chi connectivity index (χ1n) is 0.408. The fourth-order valence-corrected chi connectivity index (χ4v) is 0. The molecule has 0 heterocycles. The van der Waals surface area contributed by atoms with Gasteiger partial charge in [-0.3, -0.25) is 8.92 Å². The molecule has 0 aromatic carbocycles. The Kier molecular flexibility index (Phi) is 19.9. The van der Waals surface area contributed by atoms with Gasteiger partial charge in [-0.25, -0.2) is 0 Å². The van der Waals surface area contributed by atoms with Gasteiger partial charge in [-0.1, -0.05) is 0 Å². The molecule has 0 aliphatic heterocycles. The quantitative estimate of drug-likeness (QED) is 0.493. The van der Waals surface area contributed by atoms with Crippen molar-refractivity contribution in [2.45, 2.75) is 0 Å². The molecule has 0 radical (unpaired) electrons. The van der Waals surface area contributed by atoms with Crippen LogP contribution < -0.4 is 0 Å². The Morgan fingerprint density at radius 2 is 1.25 bits per heavy atom. The molecule has 0 aromatic rings. The van der Waals surface area contributed by atoms with Crippen LogP contribution in [0, 0.1) is 40.8 Å². The first kappa shape index (κ1) is 8.95. The van der Waals surface area contributed by atoms with Crippen LogP contribution in [0.4, 0.5) is 0 Å². The summed E-state index contributed by atoms with van der Waals surface area (Å²) in [5.74, 6) is 0. The van der Waals surface area contributed by atoms with Crippen molar-refractivity contribution >= 4 is 9.29 Å². The van der Waals surface area contributed by atoms with Gasteiger partial charge in [0, 0.05) is 40.8 Å². The van der Waals surface area contributed by atoms with E-state index in [9.17, 15) is 0 Å². The van der Waals surface area contributed by atoms with E-state index in [0.29, 0.717) is 0 Å². The van der Waals surface area contributed by atoms with Crippen molar-refractivity contribution in [3.63, 3.8) is 0 Å². The minimum absolute atomic E-state index is 0. The summed E-state index contributed by atoms with van der Waals surface area (Å²) in [6.45, 7) is 0. The van der Waals surface area contributed by atoms with Crippen molar-refractivity contribution < 1.29 is 49.8 Å². The maximum atomic E-state index is 8.40. The summed E-state index contributed by atoms with van der Waals surface area (Å²) >= 11 is 0. The van der Waals surface area contributed by atoms with Gasteiger partial charge in [0.05, 0.1) is 0 Å². The van der Waals surface area contributed by atoms with Crippen LogP contribution in [0.25, 0.3) is 0 Å². The predicted octanol–water partition coefficient (Wildman–Crippen LogP) is -0.618. The van der Waals surface area contributed by atoms with E-state index in [0.717, 1.165) is 0 Å². The Hall–Kier alpha value is 1.17. The molecule has 0 saturated heterocycles. The zero-order chi connectivity index (χ0) is 2.71. The Balaban J connectivity index is 0. The van der Waals surface area contributed by atoms with Gasteiger partial charge in [0.15, 0.2) is 0 Å². The molecule has 0 N–H and O–H groups in total. The molecule has 0 amide bonds. The minimum atomic E-state index is -1.42. The Morgan fingerprint density at radius 3 is 1.25 bits per heavy atom. The molecule has 0 rings (SSSR count). The molecular weight excluding hydrogens is 204 g/mol. The molecule has 0 bridgehead atoms. The average molecular weight is 204 g/mol. The third-order valence-electron chi connectivity index (χ3n) is 0. The maximum Gasteiger partial charge on any atom is 0.549 e. The molecule has 0 unspecified atom stereocenters. The first-order chi connectivity index (χ1) is 1.41. The first-order valence-corrected chi connectivity index (χ1v) is 1.22. The number of rotatable bonds is 0. The molecule has 0 aliphatic rings. The minimum Gasteiger partial charge on any atom is -0.274 e. The zero-order valence-corrected chi connectivity index (χ0v) is 6.02. The SMILES string of the molecule is O=[Si]=O.[Nd]. The molecule has 2 nitrogen and oxygen atoms in total. The second-order valence-electron chi connectivity index (χ2n) is 0.0833. The van der Waals surface area contributed by atoms with Crippen LogP contribution in [-0.4, -0.2) is 9.29 Å². The summed E-state index contributed by atoms with van der Waals surface area (Å²) in [5, 5.41) is 0. The van der Waals surface area contributed by atoms with Crippen LogP contribution in [0.2, 0.25) is 0 Å². The van der Waals surface area contributed by atoms with E-state index in [1.165, 1.54) is 0 Å². The van der Waals surface area contributed by atoms with Gasteiger partial charge < -0.3 is 0 Å². The average Bonchev–Trinajstić information content (AvgIpc) is 0.918. The molecule has 0 spiro atoms. The Labute approximate surface area is 58.4 Å². The molecule has 0 aromatic heterocycles. The molecule has 4 heavy (non-hydrogen) atoms. The zero-order valence-electron chi connectivity index (χ0n) is 1.82. The third kappa shape index (κ3) is 10.9. The Bertz CT molecular complexity index is 27.0. The third-order valence-corrected chi connectivity index (χ3v) is 0. The van der Waals surface area contributed by atoms with E-state index in [4.69, 9.17) is 8.92 Å². The van der Waals surface area contributed by atoms with Crippen molar-refractivity contribution in [3.8, 4) is 0 Å². The van der Waals surface area contributed by atoms with E-state index in [2.05, 4.69) is 0 Å². The monoisotopic (exact) mass is 202 g/mol. The topological polar surface area (TPSA) is 34.1 Å². The standard InChI is InChI=1S/Nd.O2Si/c;1-3-2. The molecule has 0 fully saturated rings. The summed E-state index contributed by atoms with van der Waals surface area (Å²) < 4.78 is 16.8. The van der Waals surface area contributed by atoms with Crippen molar-refractivity contribution in [2.75, 3.05) is 0 Å². The van der Waals surface area contributed by atoms with Crippen LogP contribution in [0.15, 0.2) is 0 Å². The summed E-state index contributed by atoms with van der Waals surface area (Å²) in [6, 6.07) is 0. The van der Waals surface area contributed by atoms with Gasteiger partial charge in [0.25, 0.3) is 0 Å². The fraction of sp³-hybridized carbons (Fsp3) is 0. The van der Waals surface area contributed by atoms with Crippen molar-refractivity contribution in [1.29, 1.82) is 0 Å². The van der Waals surface area contributed by atoms with Gasteiger partial charge in [0.2, 0.25) is 0 Å². The maximum absolute atomic E-state index is 8.40. The fourth-order valence-electron chi connectivity index (χ4n) is 0. The second kappa shape index (κ2) is 8.90. The predicted molar refractivity (Wildman–Crippen MR) is 7.13 cm³/mol. The number of hydrogen-bond acceptors (Lipinski definition) is 2. The molecule has 4 heteroatoms. The van der Waals surface area contributed by atoms with Crippen LogP contribution in [0.1, 0.15) is 0 Å². The summed E-state index contributed by atoms with van der Waals surface area (Å²) in [7, 11) is -1.42. The van der Waals surface area contributed by atoms with E-state index in [1.807, 2.05) is 0 Å². The van der Waals surface area contributed by atoms with E-state index < -0.39 is 9.29 Å². The molecule has 0 aliphatic carbocycles. The molecular formula is NdO2Si. The van der Waals surface area contributed by atoms with E-state index in [-0.39, 0.29) is 40.8 Å². The second-order valence-corrected chi connectivity index (χ2v) is 0.250. The van der Waals surface area contributed by atoms with Crippen molar-refractivity contribution in [1.82, 2.24) is 0 Å². The van der Waals surface area contributed by atoms with Gasteiger partial charge in [0.1, 0.15) is 0 Å². The molecule has 0 atom stereocenters. The summed E-state index contributed by atoms with van der Waals surface area (Å²) in [5.41, 5.74) is 0. The van der Waals surface area contributed by atoms with Crippen molar-refractivity contribution in [2.24, 2.45) is 0 Å². The van der Waals surface area contributed by atoms with Gasteiger partial charge >= 0.3 is 9.29 Å². The summed E-state index contributed by atoms with van der Waals surface area (Å²) in [4.78, 5) is 0. The van der Waals surface area contributed by atoms with Crippen LogP contribution >= 0.6 is 0 Å². The normalized spacial score (nSPS) is 2.00. The smallest absolute Gasteiger partial charge is 0.274 e. The number of hydrogen-bond donors (Lipinski definition) is 0. The van der Waals surface area contributed by atoms with Crippen LogP contribution in [0.5, 0.6) is 0 Å². The van der Waals surface area contributed by atoms with E-state index in [1.54, 1.807) is 0 Å². The molecule has 20 valence electrons. The van der Waals surface area contributed by atoms with E-state index >= 15 is 0 Å². The van der Waals surface area contributed by atoms with Crippen molar-refractivity contribution in [3.05, 3.63) is 0 Å². The van der Waals surface area contributed by atoms with Gasteiger partial charge in [-0.05, 0) is 0 Å². The van der Waals surface area contributed by atoms with Gasteiger partial charge in [-0.2, -0.15) is 0 Å². The van der Waals surface area contributed by atoms with Gasteiger partial charge in [-0.15, -0.1) is 0 Å². The Morgan fingerprint density at radius 1 is 1.25 bits per heavy atom. The van der Waals surface area contributed by atoms with Crippen LogP contribution in [0.3, 0.4) is 0 Å².